The van der Waals surface area contributed by atoms with Crippen molar-refractivity contribution in [3.63, 3.8) is 0 Å². The van der Waals surface area contributed by atoms with E-state index in [1.807, 2.05) is 35.2 Å². The topological polar surface area (TPSA) is 85.3 Å². The summed E-state index contributed by atoms with van der Waals surface area (Å²) in [6, 6.07) is 13.0. The number of phenols is 1. The van der Waals surface area contributed by atoms with Crippen molar-refractivity contribution in [3.8, 4) is 24.1 Å². The summed E-state index contributed by atoms with van der Waals surface area (Å²) in [5.74, 6) is 3.94. The maximum absolute atomic E-state index is 12.0. The number of aromatic nitrogens is 2. The minimum Gasteiger partial charge on any atom is -0.508 e. The second-order valence-corrected chi connectivity index (χ2v) is 13.2. The third-order valence-electron chi connectivity index (χ3n) is 9.75. The summed E-state index contributed by atoms with van der Waals surface area (Å²) in [4.78, 5) is 31.2. The van der Waals surface area contributed by atoms with Gasteiger partial charge in [-0.15, -0.1) is 12.3 Å². The molecule has 1 amide bonds. The zero-order valence-corrected chi connectivity index (χ0v) is 28.7. The molecule has 3 aromatic rings. The quantitative estimate of drug-likeness (QED) is 0.291. The van der Waals surface area contributed by atoms with E-state index in [0.717, 1.165) is 72.7 Å². The molecule has 2 aromatic carbocycles. The number of amides is 1. The number of phenolic OH excluding ortho intramolecular Hbond substituents is 1. The van der Waals surface area contributed by atoms with Crippen LogP contribution in [0.1, 0.15) is 71.1 Å². The lowest BCUT2D eigenvalue weighted by Crippen LogP contribution is -2.49. The molecule has 1 saturated heterocycles. The van der Waals surface area contributed by atoms with E-state index >= 15 is 0 Å². The van der Waals surface area contributed by atoms with E-state index in [1.165, 1.54) is 32.1 Å². The van der Waals surface area contributed by atoms with Gasteiger partial charge >= 0.3 is 6.01 Å². The molecule has 1 atom stereocenters. The molecule has 1 N–H and O–H groups in total. The van der Waals surface area contributed by atoms with Crippen LogP contribution in [0.4, 0.5) is 11.5 Å². The van der Waals surface area contributed by atoms with E-state index in [4.69, 9.17) is 14.7 Å². The molecule has 252 valence electrons. The lowest BCUT2D eigenvalue weighted by Gasteiger charge is -2.38. The van der Waals surface area contributed by atoms with Crippen molar-refractivity contribution in [2.24, 2.45) is 5.92 Å². The number of piperazine rings is 1. The van der Waals surface area contributed by atoms with Crippen LogP contribution in [-0.2, 0) is 17.8 Å². The molecule has 0 radical (unpaired) electrons. The van der Waals surface area contributed by atoms with Crippen molar-refractivity contribution < 1.29 is 14.6 Å². The van der Waals surface area contributed by atoms with Gasteiger partial charge in [-0.2, -0.15) is 9.97 Å². The largest absolute Gasteiger partial charge is 0.508 e. The van der Waals surface area contributed by atoms with Gasteiger partial charge in [0.25, 0.3) is 0 Å². The summed E-state index contributed by atoms with van der Waals surface area (Å²) in [5, 5.41) is 12.7. The molecule has 6 rings (SSSR count). The van der Waals surface area contributed by atoms with Gasteiger partial charge in [-0.05, 0) is 44.2 Å². The summed E-state index contributed by atoms with van der Waals surface area (Å²) in [5.41, 5.74) is 3.15. The zero-order chi connectivity index (χ0) is 33.3. The first kappa shape index (κ1) is 34.3. The van der Waals surface area contributed by atoms with Gasteiger partial charge in [0.2, 0.25) is 5.91 Å². The Bertz CT molecular complexity index is 1540. The summed E-state index contributed by atoms with van der Waals surface area (Å²) < 4.78 is 6.39. The third kappa shape index (κ3) is 8.47. The van der Waals surface area contributed by atoms with Gasteiger partial charge in [0.05, 0.1) is 18.8 Å². The van der Waals surface area contributed by atoms with Crippen molar-refractivity contribution in [3.05, 3.63) is 47.7 Å². The van der Waals surface area contributed by atoms with Crippen LogP contribution >= 0.6 is 0 Å². The third-order valence-corrected chi connectivity index (χ3v) is 9.75. The number of carbonyl (C=O) groups is 1. The monoisotopic (exact) mass is 640 g/mol. The molecule has 3 aliphatic rings. The summed E-state index contributed by atoms with van der Waals surface area (Å²) in [7, 11) is 0. The molecule has 9 nitrogen and oxygen atoms in total. The van der Waals surface area contributed by atoms with E-state index in [1.54, 1.807) is 13.8 Å². The smallest absolute Gasteiger partial charge is 0.318 e. The van der Waals surface area contributed by atoms with Gasteiger partial charge in [-0.3, -0.25) is 4.79 Å². The lowest BCUT2D eigenvalue weighted by molar-refractivity contribution is -0.129. The van der Waals surface area contributed by atoms with E-state index < -0.39 is 0 Å². The number of fused-ring (bicyclic) bond motifs is 2. The van der Waals surface area contributed by atoms with Gasteiger partial charge in [0, 0.05) is 80.9 Å². The molecule has 1 unspecified atom stereocenters. The summed E-state index contributed by atoms with van der Waals surface area (Å²) in [6.45, 7) is 14.8. The van der Waals surface area contributed by atoms with Crippen LogP contribution in [0.15, 0.2) is 36.4 Å². The predicted octanol–water partition coefficient (Wildman–Crippen LogP) is 5.88. The number of ether oxygens (including phenoxy) is 1. The normalized spacial score (nSPS) is 17.5. The number of anilines is 2. The number of nitrogens with zero attached hydrogens (tertiary/aromatic N) is 6. The van der Waals surface area contributed by atoms with E-state index in [0.29, 0.717) is 44.2 Å². The molecule has 1 saturated carbocycles. The summed E-state index contributed by atoms with van der Waals surface area (Å²) >= 11 is 0. The number of aromatic hydroxyl groups is 1. The number of hydrogen-bond acceptors (Lipinski definition) is 8. The number of rotatable bonds is 9. The minimum atomic E-state index is 0.121. The first-order chi connectivity index (χ1) is 22.8. The maximum Gasteiger partial charge on any atom is 0.318 e. The van der Waals surface area contributed by atoms with Gasteiger partial charge in [-0.25, -0.2) is 0 Å². The molecule has 1 aliphatic carbocycles. The molecule has 1 aromatic heterocycles. The highest BCUT2D eigenvalue weighted by Gasteiger charge is 2.29. The SMILES string of the molecule is C#CC.CCN(CC(C)COc1nc2c(c(N3CCN(C(C)=O)CC3)n1)CCN(c1cc(O)cc3ccccc13)C2)C1CCCCC1. The van der Waals surface area contributed by atoms with Crippen molar-refractivity contribution in [2.45, 2.75) is 78.8 Å². The Morgan fingerprint density at radius 3 is 2.51 bits per heavy atom. The van der Waals surface area contributed by atoms with Gasteiger partial charge < -0.3 is 29.4 Å². The highest BCUT2D eigenvalue weighted by atomic mass is 16.5. The fourth-order valence-electron chi connectivity index (χ4n) is 7.34. The van der Waals surface area contributed by atoms with Crippen LogP contribution in [0.3, 0.4) is 0 Å². The molecule has 47 heavy (non-hydrogen) atoms. The standard InChI is InChI=1S/C35H48N6O3.C3H4/c1-4-38(28-11-6-5-7-12-28)22-25(2)24-44-35-36-32-23-41(33-21-29(43)20-27-10-8-9-13-30(27)33)15-14-31(32)34(37-35)40-18-16-39(17-19-40)26(3)42;1-3-2/h8-10,13,20-21,25,28,43H,4-7,11-12,14-19,22-24H2,1-3H3;1H,2H3. The number of hydrogen-bond donors (Lipinski definition) is 1. The van der Waals surface area contributed by atoms with Gasteiger partial charge in [0.15, 0.2) is 0 Å². The second-order valence-electron chi connectivity index (χ2n) is 13.2. The van der Waals surface area contributed by atoms with Crippen LogP contribution in [0.25, 0.3) is 10.8 Å². The van der Waals surface area contributed by atoms with E-state index in [9.17, 15) is 9.90 Å². The Labute approximate surface area is 280 Å². The lowest BCUT2D eigenvalue weighted by atomic mass is 9.93. The average Bonchev–Trinajstić information content (AvgIpc) is 3.09. The van der Waals surface area contributed by atoms with Crippen molar-refractivity contribution in [1.82, 2.24) is 19.8 Å². The number of carbonyl (C=O) groups excluding carboxylic acids is 1. The van der Waals surface area contributed by atoms with E-state index in [-0.39, 0.29) is 11.7 Å². The predicted molar refractivity (Wildman–Crippen MR) is 190 cm³/mol. The molecular formula is C38H52N6O3. The second kappa shape index (κ2) is 16.2. The van der Waals surface area contributed by atoms with Crippen molar-refractivity contribution in [2.75, 3.05) is 62.2 Å². The van der Waals surface area contributed by atoms with E-state index in [2.05, 4.69) is 47.0 Å². The van der Waals surface area contributed by atoms with Crippen LogP contribution in [-0.4, -0.2) is 89.2 Å². The molecule has 0 bridgehead atoms. The molecule has 0 spiro atoms. The molecule has 2 fully saturated rings. The Morgan fingerprint density at radius 1 is 1.09 bits per heavy atom. The average molecular weight is 641 g/mol. The zero-order valence-electron chi connectivity index (χ0n) is 28.7. The Morgan fingerprint density at radius 2 is 1.81 bits per heavy atom. The van der Waals surface area contributed by atoms with Gasteiger partial charge in [0.1, 0.15) is 11.6 Å². The molecular weight excluding hydrogens is 588 g/mol. The number of terminal acetylenes is 1. The minimum absolute atomic E-state index is 0.121. The highest BCUT2D eigenvalue weighted by Crippen LogP contribution is 2.36. The Balaban J connectivity index is 0.00000139. The molecule has 2 aliphatic heterocycles. The Hall–Kier alpha value is -4.03. The fourth-order valence-corrected chi connectivity index (χ4v) is 7.34. The molecule has 3 heterocycles. The fraction of sp³-hybridized carbons (Fsp3) is 0.553. The first-order valence-electron chi connectivity index (χ1n) is 17.4. The Kier molecular flexibility index (Phi) is 11.8. The number of benzene rings is 2. The molecule has 9 heteroatoms. The van der Waals surface area contributed by atoms with Crippen molar-refractivity contribution >= 4 is 28.2 Å². The van der Waals surface area contributed by atoms with Crippen molar-refractivity contribution in [1.29, 1.82) is 0 Å². The van der Waals surface area contributed by atoms with Crippen LogP contribution in [0, 0.1) is 18.3 Å². The van der Waals surface area contributed by atoms with Crippen LogP contribution in [0.5, 0.6) is 11.8 Å². The first-order valence-corrected chi connectivity index (χ1v) is 17.4. The van der Waals surface area contributed by atoms with Crippen LogP contribution in [0.2, 0.25) is 0 Å². The van der Waals surface area contributed by atoms with Crippen LogP contribution < -0.4 is 14.5 Å². The maximum atomic E-state index is 12.0. The highest BCUT2D eigenvalue weighted by molar-refractivity contribution is 5.95. The summed E-state index contributed by atoms with van der Waals surface area (Å²) in [6.07, 6.45) is 12.1. The van der Waals surface area contributed by atoms with Gasteiger partial charge in [-0.1, -0.05) is 57.4 Å².